The van der Waals surface area contributed by atoms with E-state index in [4.69, 9.17) is 9.47 Å². The van der Waals surface area contributed by atoms with Crippen molar-refractivity contribution in [3.05, 3.63) is 71.0 Å². The Labute approximate surface area is 117 Å². The van der Waals surface area contributed by atoms with Gasteiger partial charge in [-0.05, 0) is 35.4 Å². The van der Waals surface area contributed by atoms with Crippen molar-refractivity contribution in [3.63, 3.8) is 0 Å². The third kappa shape index (κ3) is 1.44. The molecule has 0 radical (unpaired) electrons. The van der Waals surface area contributed by atoms with Gasteiger partial charge in [0.25, 0.3) is 0 Å². The highest BCUT2D eigenvalue weighted by Gasteiger charge is 2.44. The Kier molecular flexibility index (Phi) is 2.38. The Morgan fingerprint density at radius 2 is 2.05 bits per heavy atom. The van der Waals surface area contributed by atoms with E-state index in [9.17, 15) is 0 Å². The van der Waals surface area contributed by atoms with Crippen LogP contribution in [-0.4, -0.2) is 7.11 Å². The van der Waals surface area contributed by atoms with E-state index in [0.717, 1.165) is 23.4 Å². The number of ether oxygens (including phenoxy) is 2. The Morgan fingerprint density at radius 1 is 1.15 bits per heavy atom. The van der Waals surface area contributed by atoms with Crippen molar-refractivity contribution in [3.8, 4) is 5.75 Å². The standard InChI is InChI=1S/C17H15NO2/c1-19-14-6-7-16-12(10-14)8-9-20-17(16)15-5-3-2-4-13(15)11-18-17/h2-10,18H,11H2,1H3. The van der Waals surface area contributed by atoms with Crippen molar-refractivity contribution >= 4 is 6.08 Å². The van der Waals surface area contributed by atoms with E-state index < -0.39 is 5.72 Å². The topological polar surface area (TPSA) is 30.5 Å². The van der Waals surface area contributed by atoms with Crippen LogP contribution in [0.25, 0.3) is 6.08 Å². The van der Waals surface area contributed by atoms with Gasteiger partial charge in [-0.15, -0.1) is 0 Å². The van der Waals surface area contributed by atoms with Gasteiger partial charge in [-0.3, -0.25) is 5.32 Å². The summed E-state index contributed by atoms with van der Waals surface area (Å²) in [6, 6.07) is 14.5. The maximum Gasteiger partial charge on any atom is 0.213 e. The first-order valence-corrected chi connectivity index (χ1v) is 6.70. The highest BCUT2D eigenvalue weighted by atomic mass is 16.5. The van der Waals surface area contributed by atoms with Crippen molar-refractivity contribution in [2.75, 3.05) is 7.11 Å². The molecule has 1 unspecified atom stereocenters. The fourth-order valence-electron chi connectivity index (χ4n) is 3.08. The minimum atomic E-state index is -0.563. The minimum Gasteiger partial charge on any atom is -0.497 e. The highest BCUT2D eigenvalue weighted by Crippen LogP contribution is 2.43. The summed E-state index contributed by atoms with van der Waals surface area (Å²) in [6.45, 7) is 0.815. The maximum atomic E-state index is 6.02. The van der Waals surface area contributed by atoms with E-state index in [-0.39, 0.29) is 0 Å². The van der Waals surface area contributed by atoms with E-state index in [1.165, 1.54) is 11.1 Å². The molecule has 0 aliphatic carbocycles. The molecule has 2 aromatic carbocycles. The lowest BCUT2D eigenvalue weighted by molar-refractivity contribution is 0.0317. The van der Waals surface area contributed by atoms with E-state index in [1.807, 2.05) is 18.2 Å². The smallest absolute Gasteiger partial charge is 0.213 e. The molecular weight excluding hydrogens is 250 g/mol. The fourth-order valence-corrected chi connectivity index (χ4v) is 3.08. The van der Waals surface area contributed by atoms with Crippen LogP contribution >= 0.6 is 0 Å². The predicted octanol–water partition coefficient (Wildman–Crippen LogP) is 3.00. The number of rotatable bonds is 1. The van der Waals surface area contributed by atoms with Gasteiger partial charge < -0.3 is 9.47 Å². The molecule has 1 N–H and O–H groups in total. The molecule has 2 aliphatic heterocycles. The van der Waals surface area contributed by atoms with Crippen LogP contribution in [0.1, 0.15) is 22.3 Å². The van der Waals surface area contributed by atoms with Crippen molar-refractivity contribution in [2.24, 2.45) is 0 Å². The molecule has 4 rings (SSSR count). The van der Waals surface area contributed by atoms with Crippen LogP contribution in [0.2, 0.25) is 0 Å². The molecule has 0 saturated heterocycles. The molecule has 0 aromatic heterocycles. The average molecular weight is 265 g/mol. The lowest BCUT2D eigenvalue weighted by atomic mass is 9.89. The van der Waals surface area contributed by atoms with Crippen LogP contribution < -0.4 is 10.1 Å². The first-order valence-electron chi connectivity index (χ1n) is 6.70. The second kappa shape index (κ2) is 4.12. The first-order chi connectivity index (χ1) is 9.83. The molecule has 100 valence electrons. The Hall–Kier alpha value is -2.26. The Bertz CT molecular complexity index is 708. The van der Waals surface area contributed by atoms with Gasteiger partial charge in [0, 0.05) is 17.7 Å². The van der Waals surface area contributed by atoms with Crippen LogP contribution in [-0.2, 0) is 17.0 Å². The normalized spacial score (nSPS) is 22.2. The van der Waals surface area contributed by atoms with Gasteiger partial charge in [-0.1, -0.05) is 24.3 Å². The molecule has 2 aromatic rings. The lowest BCUT2D eigenvalue weighted by Gasteiger charge is -2.34. The van der Waals surface area contributed by atoms with Crippen LogP contribution in [0.15, 0.2) is 48.7 Å². The Morgan fingerprint density at radius 3 is 2.95 bits per heavy atom. The zero-order valence-electron chi connectivity index (χ0n) is 11.2. The van der Waals surface area contributed by atoms with Crippen LogP contribution in [0.4, 0.5) is 0 Å². The maximum absolute atomic E-state index is 6.02. The van der Waals surface area contributed by atoms with Gasteiger partial charge in [0.2, 0.25) is 5.72 Å². The van der Waals surface area contributed by atoms with E-state index >= 15 is 0 Å². The second-order valence-electron chi connectivity index (χ2n) is 5.07. The SMILES string of the molecule is COc1ccc2c(c1)C=COC21NCc2ccccc21. The second-order valence-corrected chi connectivity index (χ2v) is 5.07. The number of methoxy groups -OCH3 is 1. The first kappa shape index (κ1) is 11.6. The molecule has 3 nitrogen and oxygen atoms in total. The van der Waals surface area contributed by atoms with Crippen molar-refractivity contribution < 1.29 is 9.47 Å². The van der Waals surface area contributed by atoms with Crippen LogP contribution in [0.5, 0.6) is 5.75 Å². The highest BCUT2D eigenvalue weighted by molar-refractivity contribution is 5.62. The quantitative estimate of drug-likeness (QED) is 0.859. The van der Waals surface area contributed by atoms with Gasteiger partial charge in [-0.25, -0.2) is 0 Å². The summed E-state index contributed by atoms with van der Waals surface area (Å²) < 4.78 is 11.3. The van der Waals surface area contributed by atoms with Crippen LogP contribution in [0, 0.1) is 0 Å². The molecule has 0 saturated carbocycles. The molecule has 2 heterocycles. The van der Waals surface area contributed by atoms with Crippen LogP contribution in [0.3, 0.4) is 0 Å². The average Bonchev–Trinajstić information content (AvgIpc) is 2.87. The zero-order chi connectivity index (χ0) is 13.6. The molecule has 1 spiro atoms. The zero-order valence-corrected chi connectivity index (χ0v) is 11.2. The van der Waals surface area contributed by atoms with E-state index in [0.29, 0.717) is 0 Å². The molecule has 0 amide bonds. The van der Waals surface area contributed by atoms with Gasteiger partial charge in [0.1, 0.15) is 5.75 Å². The van der Waals surface area contributed by atoms with E-state index in [1.54, 1.807) is 13.4 Å². The van der Waals surface area contributed by atoms with E-state index in [2.05, 4.69) is 35.6 Å². The lowest BCUT2D eigenvalue weighted by Crippen LogP contribution is -2.41. The predicted molar refractivity (Wildman–Crippen MR) is 77.2 cm³/mol. The molecule has 1 atom stereocenters. The summed E-state index contributed by atoms with van der Waals surface area (Å²) in [7, 11) is 1.68. The largest absolute Gasteiger partial charge is 0.497 e. The molecule has 3 heteroatoms. The van der Waals surface area contributed by atoms with Gasteiger partial charge in [0.05, 0.1) is 13.4 Å². The van der Waals surface area contributed by atoms with Crippen molar-refractivity contribution in [2.45, 2.75) is 12.3 Å². The summed E-state index contributed by atoms with van der Waals surface area (Å²) in [5, 5.41) is 3.52. The third-order valence-corrected chi connectivity index (χ3v) is 4.05. The number of benzene rings is 2. The number of hydrogen-bond acceptors (Lipinski definition) is 3. The van der Waals surface area contributed by atoms with Crippen molar-refractivity contribution in [1.29, 1.82) is 0 Å². The summed E-state index contributed by atoms with van der Waals surface area (Å²) in [5.74, 6) is 0.858. The van der Waals surface area contributed by atoms with Gasteiger partial charge in [-0.2, -0.15) is 0 Å². The summed E-state index contributed by atoms with van der Waals surface area (Å²) in [6.07, 6.45) is 3.74. The van der Waals surface area contributed by atoms with Crippen molar-refractivity contribution in [1.82, 2.24) is 5.32 Å². The molecular formula is C17H15NO2. The Balaban J connectivity index is 1.93. The summed E-state index contributed by atoms with van der Waals surface area (Å²) >= 11 is 0. The summed E-state index contributed by atoms with van der Waals surface area (Å²) in [4.78, 5) is 0. The monoisotopic (exact) mass is 265 g/mol. The van der Waals surface area contributed by atoms with Gasteiger partial charge in [0.15, 0.2) is 0 Å². The molecule has 0 fully saturated rings. The number of nitrogens with one attached hydrogen (secondary N) is 1. The summed E-state index contributed by atoms with van der Waals surface area (Å²) in [5.41, 5.74) is 4.17. The fraction of sp³-hybridized carbons (Fsp3) is 0.176. The van der Waals surface area contributed by atoms with Gasteiger partial charge >= 0.3 is 0 Å². The minimum absolute atomic E-state index is 0.563. The molecule has 2 aliphatic rings. The number of hydrogen-bond donors (Lipinski definition) is 1. The molecule has 0 bridgehead atoms. The third-order valence-electron chi connectivity index (χ3n) is 4.05. The number of fused-ring (bicyclic) bond motifs is 4. The molecule has 20 heavy (non-hydrogen) atoms.